The van der Waals surface area contributed by atoms with Gasteiger partial charge in [-0.2, -0.15) is 0 Å². The van der Waals surface area contributed by atoms with Crippen LogP contribution in [0.4, 0.5) is 5.69 Å². The molecule has 4 N–H and O–H groups in total. The Balaban J connectivity index is 1.61. The summed E-state index contributed by atoms with van der Waals surface area (Å²) >= 11 is 0. The van der Waals surface area contributed by atoms with Crippen LogP contribution in [0.15, 0.2) is 84.1 Å². The van der Waals surface area contributed by atoms with Crippen molar-refractivity contribution < 1.29 is 9.53 Å². The van der Waals surface area contributed by atoms with E-state index >= 15 is 0 Å². The average molecular weight is 398 g/mol. The first-order valence-corrected chi connectivity index (χ1v) is 9.17. The van der Waals surface area contributed by atoms with E-state index in [4.69, 9.17) is 15.6 Å². The predicted molar refractivity (Wildman–Crippen MR) is 114 cm³/mol. The van der Waals surface area contributed by atoms with Crippen LogP contribution in [-0.4, -0.2) is 34.7 Å². The molecule has 0 fully saturated rings. The minimum Gasteiger partial charge on any atom is -0.407 e. The van der Waals surface area contributed by atoms with Crippen LogP contribution in [0.1, 0.15) is 16.7 Å². The average Bonchev–Trinajstić information content (AvgIpc) is 2.91. The van der Waals surface area contributed by atoms with Crippen LogP contribution >= 0.6 is 0 Å². The van der Waals surface area contributed by atoms with Crippen molar-refractivity contribution in [3.63, 3.8) is 0 Å². The van der Waals surface area contributed by atoms with Gasteiger partial charge in [0, 0.05) is 29.1 Å². The van der Waals surface area contributed by atoms with Crippen LogP contribution in [0, 0.1) is 10.8 Å². The second kappa shape index (κ2) is 8.36. The SMILES string of the molecule is N=C(NC1N=C(c2ccccc2)c2ccccc2NC1=O)OC(=N)c1ccncc1. The molecule has 1 aliphatic heterocycles. The maximum absolute atomic E-state index is 12.8. The van der Waals surface area contributed by atoms with Crippen LogP contribution < -0.4 is 10.6 Å². The molecule has 1 aromatic heterocycles. The zero-order chi connectivity index (χ0) is 20.9. The number of hydrogen-bond acceptors (Lipinski definition) is 6. The van der Waals surface area contributed by atoms with Gasteiger partial charge in [0.05, 0.1) is 11.4 Å². The molecule has 1 aliphatic rings. The molecule has 3 aromatic rings. The molecule has 0 bridgehead atoms. The largest absolute Gasteiger partial charge is 0.407 e. The Bertz CT molecular complexity index is 1130. The third-order valence-electron chi connectivity index (χ3n) is 4.41. The number of nitrogens with zero attached hydrogens (tertiary/aromatic N) is 2. The number of benzene rings is 2. The van der Waals surface area contributed by atoms with E-state index in [0.717, 1.165) is 11.1 Å². The number of aromatic nitrogens is 1. The van der Waals surface area contributed by atoms with Crippen molar-refractivity contribution in [1.29, 1.82) is 10.8 Å². The van der Waals surface area contributed by atoms with E-state index in [1.165, 1.54) is 12.4 Å². The van der Waals surface area contributed by atoms with E-state index in [1.807, 2.05) is 48.5 Å². The summed E-state index contributed by atoms with van der Waals surface area (Å²) in [5.41, 5.74) is 3.32. The highest BCUT2D eigenvalue weighted by Crippen LogP contribution is 2.23. The van der Waals surface area contributed by atoms with Crippen molar-refractivity contribution >= 4 is 29.2 Å². The summed E-state index contributed by atoms with van der Waals surface area (Å²) in [5.74, 6) is -0.670. The quantitative estimate of drug-likeness (QED) is 0.400. The van der Waals surface area contributed by atoms with Gasteiger partial charge >= 0.3 is 0 Å². The molecule has 4 rings (SSSR count). The van der Waals surface area contributed by atoms with E-state index in [1.54, 1.807) is 18.2 Å². The van der Waals surface area contributed by atoms with Gasteiger partial charge < -0.3 is 15.4 Å². The lowest BCUT2D eigenvalue weighted by Gasteiger charge is -2.15. The number of aliphatic imine (C=N–C) groups is 1. The number of rotatable bonds is 3. The van der Waals surface area contributed by atoms with Crippen molar-refractivity contribution in [1.82, 2.24) is 10.3 Å². The summed E-state index contributed by atoms with van der Waals surface area (Å²) in [6.07, 6.45) is 1.94. The second-order valence-corrected chi connectivity index (χ2v) is 6.42. The monoisotopic (exact) mass is 398 g/mol. The minimum absolute atomic E-state index is 0.237. The molecule has 0 saturated heterocycles. The Labute approximate surface area is 172 Å². The van der Waals surface area contributed by atoms with Crippen molar-refractivity contribution in [3.8, 4) is 0 Å². The van der Waals surface area contributed by atoms with Gasteiger partial charge in [-0.25, -0.2) is 4.99 Å². The number of carbonyl (C=O) groups is 1. The second-order valence-electron chi connectivity index (χ2n) is 6.42. The van der Waals surface area contributed by atoms with E-state index in [-0.39, 0.29) is 5.90 Å². The molecule has 8 heteroatoms. The standard InChI is InChI=1S/C22H18N6O2/c23-19(15-10-12-25-13-11-15)30-22(24)28-20-21(29)26-17-9-5-4-8-16(17)18(27-20)14-6-2-1-3-7-14/h1-13,20,23H,(H2,24,28)(H,26,29). The number of amides is 1. The van der Waals surface area contributed by atoms with Crippen LogP contribution in [-0.2, 0) is 9.53 Å². The molecule has 0 spiro atoms. The number of hydrogen-bond donors (Lipinski definition) is 4. The molecule has 1 unspecified atom stereocenters. The lowest BCUT2D eigenvalue weighted by Crippen LogP contribution is -2.43. The number of benzodiazepines with no additional fused rings is 1. The third kappa shape index (κ3) is 4.07. The molecule has 1 amide bonds. The molecule has 2 aromatic carbocycles. The number of pyridine rings is 1. The van der Waals surface area contributed by atoms with E-state index in [2.05, 4.69) is 20.6 Å². The van der Waals surface area contributed by atoms with Gasteiger partial charge in [0.15, 0.2) is 0 Å². The fraction of sp³-hybridized carbons (Fsp3) is 0.0455. The van der Waals surface area contributed by atoms with Gasteiger partial charge in [-0.05, 0) is 18.2 Å². The van der Waals surface area contributed by atoms with Gasteiger partial charge in [-0.1, -0.05) is 48.5 Å². The smallest absolute Gasteiger partial charge is 0.290 e. The fourth-order valence-electron chi connectivity index (χ4n) is 3.00. The summed E-state index contributed by atoms with van der Waals surface area (Å²) in [6, 6.07) is 19.6. The maximum Gasteiger partial charge on any atom is 0.290 e. The number of anilines is 1. The fourth-order valence-corrected chi connectivity index (χ4v) is 3.00. The predicted octanol–water partition coefficient (Wildman–Crippen LogP) is 2.76. The van der Waals surface area contributed by atoms with Crippen LogP contribution in [0.25, 0.3) is 0 Å². The minimum atomic E-state index is -1.11. The molecule has 0 radical (unpaired) electrons. The molecule has 30 heavy (non-hydrogen) atoms. The van der Waals surface area contributed by atoms with E-state index in [9.17, 15) is 4.79 Å². The number of fused-ring (bicyclic) bond motifs is 1. The molecule has 1 atom stereocenters. The Kier molecular flexibility index (Phi) is 5.29. The first-order valence-electron chi connectivity index (χ1n) is 9.17. The molecule has 2 heterocycles. The van der Waals surface area contributed by atoms with Crippen molar-refractivity contribution in [3.05, 3.63) is 95.8 Å². The summed E-state index contributed by atoms with van der Waals surface area (Å²) in [7, 11) is 0. The van der Waals surface area contributed by atoms with Crippen LogP contribution in [0.2, 0.25) is 0 Å². The normalized spacial score (nSPS) is 15.1. The molecule has 0 aliphatic carbocycles. The number of carbonyl (C=O) groups excluding carboxylic acids is 1. The Morgan fingerprint density at radius 3 is 2.43 bits per heavy atom. The van der Waals surface area contributed by atoms with Crippen LogP contribution in [0.3, 0.4) is 0 Å². The van der Waals surface area contributed by atoms with Crippen molar-refractivity contribution in [2.75, 3.05) is 5.32 Å². The zero-order valence-corrected chi connectivity index (χ0v) is 15.8. The van der Waals surface area contributed by atoms with Crippen LogP contribution in [0.5, 0.6) is 0 Å². The highest BCUT2D eigenvalue weighted by atomic mass is 16.5. The van der Waals surface area contributed by atoms with E-state index in [0.29, 0.717) is 17.0 Å². The summed E-state index contributed by atoms with van der Waals surface area (Å²) in [6.45, 7) is 0. The Hall–Kier alpha value is -4.33. The Morgan fingerprint density at radius 1 is 0.967 bits per heavy atom. The van der Waals surface area contributed by atoms with Gasteiger partial charge in [0.2, 0.25) is 12.1 Å². The van der Waals surface area contributed by atoms with Gasteiger partial charge in [0.25, 0.3) is 11.9 Å². The zero-order valence-electron chi connectivity index (χ0n) is 15.8. The number of amidine groups is 1. The number of para-hydroxylation sites is 1. The Morgan fingerprint density at radius 2 is 1.67 bits per heavy atom. The highest BCUT2D eigenvalue weighted by Gasteiger charge is 2.26. The van der Waals surface area contributed by atoms with Gasteiger partial charge in [-0.15, -0.1) is 0 Å². The summed E-state index contributed by atoms with van der Waals surface area (Å²) < 4.78 is 5.22. The molecular formula is C22H18N6O2. The van der Waals surface area contributed by atoms with E-state index < -0.39 is 18.1 Å². The maximum atomic E-state index is 12.8. The topological polar surface area (TPSA) is 123 Å². The molecule has 8 nitrogen and oxygen atoms in total. The van der Waals surface area contributed by atoms with Crippen molar-refractivity contribution in [2.45, 2.75) is 6.17 Å². The molecular weight excluding hydrogens is 380 g/mol. The summed E-state index contributed by atoms with van der Waals surface area (Å²) in [4.78, 5) is 21.2. The van der Waals surface area contributed by atoms with Crippen molar-refractivity contribution in [2.24, 2.45) is 4.99 Å². The molecule has 148 valence electrons. The first-order chi connectivity index (χ1) is 14.6. The lowest BCUT2D eigenvalue weighted by molar-refractivity contribution is -0.117. The highest BCUT2D eigenvalue weighted by molar-refractivity contribution is 6.19. The number of ether oxygens (including phenoxy) is 1. The molecule has 0 saturated carbocycles. The number of nitrogens with one attached hydrogen (secondary N) is 4. The van der Waals surface area contributed by atoms with Gasteiger partial charge in [0.1, 0.15) is 0 Å². The third-order valence-corrected chi connectivity index (χ3v) is 4.41. The summed E-state index contributed by atoms with van der Waals surface area (Å²) in [5, 5.41) is 21.5. The first kappa shape index (κ1) is 19.0. The van der Waals surface area contributed by atoms with Gasteiger partial charge in [-0.3, -0.25) is 20.6 Å². The lowest BCUT2D eigenvalue weighted by atomic mass is 10.0.